The van der Waals surface area contributed by atoms with Crippen molar-refractivity contribution in [3.8, 4) is 0 Å². The monoisotopic (exact) mass is 741 g/mol. The predicted octanol–water partition coefficient (Wildman–Crippen LogP) is 7.17. The first kappa shape index (κ1) is 39.5. The minimum absolute atomic E-state index is 0.0530. The molecule has 55 heavy (non-hydrogen) atoms. The lowest BCUT2D eigenvalue weighted by Gasteiger charge is -2.45. The lowest BCUT2D eigenvalue weighted by molar-refractivity contribution is -0.264. The van der Waals surface area contributed by atoms with Gasteiger partial charge in [-0.2, -0.15) is 0 Å². The summed E-state index contributed by atoms with van der Waals surface area (Å²) in [4.78, 5) is 27.3. The molecule has 1 saturated heterocycles. The molecule has 286 valence electrons. The first-order chi connectivity index (χ1) is 26.7. The van der Waals surface area contributed by atoms with E-state index >= 15 is 0 Å². The van der Waals surface area contributed by atoms with Gasteiger partial charge in [0.2, 0.25) is 0 Å². The van der Waals surface area contributed by atoms with Gasteiger partial charge >= 0.3 is 6.03 Å². The van der Waals surface area contributed by atoms with Crippen LogP contribution in [0.25, 0.3) is 0 Å². The lowest BCUT2D eigenvalue weighted by Crippen LogP contribution is -2.46. The van der Waals surface area contributed by atoms with Crippen LogP contribution in [0.1, 0.15) is 77.2 Å². The smallest absolute Gasteiger partial charge is 0.315 e. The molecule has 1 fully saturated rings. The summed E-state index contributed by atoms with van der Waals surface area (Å²) in [5, 5.41) is 26.8. The second-order valence-corrected chi connectivity index (χ2v) is 14.4. The van der Waals surface area contributed by atoms with E-state index < -0.39 is 30.6 Å². The highest BCUT2D eigenvalue weighted by Crippen LogP contribution is 2.47. The third-order valence-corrected chi connectivity index (χ3v) is 10.5. The van der Waals surface area contributed by atoms with E-state index in [2.05, 4.69) is 27.7 Å². The molecule has 1 aliphatic rings. The molecule has 0 aliphatic carbocycles. The van der Waals surface area contributed by atoms with Crippen LogP contribution in [0.3, 0.4) is 0 Å². The van der Waals surface area contributed by atoms with Crippen LogP contribution in [0, 0.1) is 0 Å². The van der Waals surface area contributed by atoms with Gasteiger partial charge in [0.1, 0.15) is 0 Å². The van der Waals surface area contributed by atoms with Crippen molar-refractivity contribution in [2.24, 2.45) is 0 Å². The number of ether oxygens (including phenoxy) is 2. The Labute approximate surface area is 323 Å². The highest BCUT2D eigenvalue weighted by atomic mass is 16.7. The highest BCUT2D eigenvalue weighted by Gasteiger charge is 2.43. The fraction of sp³-hybridized carbons (Fsp3) is 0.304. The maximum absolute atomic E-state index is 12.8. The second-order valence-electron chi connectivity index (χ2n) is 14.4. The summed E-state index contributed by atoms with van der Waals surface area (Å²) < 4.78 is 13.8. The number of hydrogen-bond acceptors (Lipinski definition) is 7. The molecular formula is C46H51N3O6. The Hall–Kier alpha value is -5.16. The van der Waals surface area contributed by atoms with Crippen LogP contribution in [0.2, 0.25) is 0 Å². The number of carbonyl (C=O) groups is 2. The fourth-order valence-corrected chi connectivity index (χ4v) is 7.12. The number of benzene rings is 5. The van der Waals surface area contributed by atoms with E-state index in [1.165, 1.54) is 6.92 Å². The quantitative estimate of drug-likeness (QED) is 0.0899. The number of ketones is 1. The standard InChI is InChI=1S/C46H51N3O6/c1-31(43(52)37-17-11-6-12-18-37)49(3)29-41-42(36-15-9-5-10-16-36)44(38-23-21-35(30-50)22-24-38)55-45(54-41)39-25-19-34(20-26-39)28-47-46(53)48-40(32(2)51)27-33-13-7-4-8-14-33/h4-26,31,40-45,50,52H,27-30H2,1-3H3,(H2,47,48,53)/t31-,40+,41+,42+,43-,44-,45?/m0/s1. The predicted molar refractivity (Wildman–Crippen MR) is 213 cm³/mol. The van der Waals surface area contributed by atoms with Crippen molar-refractivity contribution < 1.29 is 29.3 Å². The number of hydrogen-bond donors (Lipinski definition) is 4. The average molecular weight is 742 g/mol. The summed E-state index contributed by atoms with van der Waals surface area (Å²) in [5.41, 5.74) is 6.37. The Kier molecular flexibility index (Phi) is 13.6. The SMILES string of the molecule is CC(=O)[C@@H](Cc1ccccc1)NC(=O)NCc1ccc(C2O[C@H](CN(C)[C@@H](C)[C@H](O)c3ccccc3)[C@@H](c3ccccc3)[C@H](c3ccc(CO)cc3)O2)cc1. The average Bonchev–Trinajstić information content (AvgIpc) is 3.23. The Morgan fingerprint density at radius 2 is 1.31 bits per heavy atom. The van der Waals surface area contributed by atoms with Crippen molar-refractivity contribution in [3.63, 3.8) is 0 Å². The number of urea groups is 1. The van der Waals surface area contributed by atoms with Gasteiger partial charge in [-0.1, -0.05) is 140 Å². The molecule has 0 saturated carbocycles. The molecule has 1 unspecified atom stereocenters. The maximum Gasteiger partial charge on any atom is 0.315 e. The molecule has 7 atom stereocenters. The normalized spacial score (nSPS) is 20.0. The van der Waals surface area contributed by atoms with Crippen LogP contribution < -0.4 is 10.6 Å². The van der Waals surface area contributed by atoms with E-state index in [9.17, 15) is 19.8 Å². The van der Waals surface area contributed by atoms with Crippen LogP contribution in [-0.4, -0.2) is 58.7 Å². The van der Waals surface area contributed by atoms with Crippen LogP contribution in [0.15, 0.2) is 140 Å². The van der Waals surface area contributed by atoms with Crippen LogP contribution in [0.4, 0.5) is 4.79 Å². The third-order valence-electron chi connectivity index (χ3n) is 10.5. The van der Waals surface area contributed by atoms with E-state index in [0.717, 1.165) is 38.9 Å². The van der Waals surface area contributed by atoms with Crippen LogP contribution in [-0.2, 0) is 33.8 Å². The summed E-state index contributed by atoms with van der Waals surface area (Å²) in [5.74, 6) is -0.303. The first-order valence-corrected chi connectivity index (χ1v) is 18.9. The topological polar surface area (TPSA) is 120 Å². The molecule has 0 spiro atoms. The van der Waals surface area contributed by atoms with Crippen molar-refractivity contribution in [1.82, 2.24) is 15.5 Å². The Bertz CT molecular complexity index is 1940. The zero-order valence-electron chi connectivity index (χ0n) is 31.6. The number of aliphatic hydroxyl groups is 2. The van der Waals surface area contributed by atoms with Crippen molar-refractivity contribution in [2.45, 2.75) is 76.0 Å². The van der Waals surface area contributed by atoms with Crippen LogP contribution in [0.5, 0.6) is 0 Å². The molecule has 0 radical (unpaired) electrons. The van der Waals surface area contributed by atoms with Gasteiger partial charge < -0.3 is 30.3 Å². The van der Waals surface area contributed by atoms with E-state index in [1.54, 1.807) is 0 Å². The van der Waals surface area contributed by atoms with Crippen LogP contribution >= 0.6 is 0 Å². The minimum atomic E-state index is -0.713. The van der Waals surface area contributed by atoms with Gasteiger partial charge in [0.15, 0.2) is 12.1 Å². The summed E-state index contributed by atoms with van der Waals surface area (Å²) in [6, 6.07) is 43.9. The third kappa shape index (κ3) is 10.3. The molecule has 0 aromatic heterocycles. The Morgan fingerprint density at radius 3 is 1.93 bits per heavy atom. The molecule has 9 heteroatoms. The molecule has 5 aromatic carbocycles. The zero-order valence-corrected chi connectivity index (χ0v) is 31.6. The minimum Gasteiger partial charge on any atom is -0.392 e. The van der Waals surface area contributed by atoms with E-state index in [0.29, 0.717) is 13.0 Å². The lowest BCUT2D eigenvalue weighted by atomic mass is 9.83. The van der Waals surface area contributed by atoms with E-state index in [4.69, 9.17) is 9.47 Å². The number of aliphatic hydroxyl groups excluding tert-OH is 2. The summed E-state index contributed by atoms with van der Waals surface area (Å²) in [7, 11) is 2.01. The molecule has 1 aliphatic heterocycles. The molecule has 4 N–H and O–H groups in total. The summed E-state index contributed by atoms with van der Waals surface area (Å²) >= 11 is 0. The highest BCUT2D eigenvalue weighted by molar-refractivity contribution is 5.87. The number of Topliss-reactive ketones (excluding diaryl/α,β-unsaturated/α-hetero) is 1. The second kappa shape index (κ2) is 18.9. The van der Waals surface area contributed by atoms with E-state index in [1.807, 2.05) is 141 Å². The van der Waals surface area contributed by atoms with E-state index in [-0.39, 0.29) is 37.0 Å². The first-order valence-electron chi connectivity index (χ1n) is 18.9. The molecule has 5 aromatic rings. The largest absolute Gasteiger partial charge is 0.392 e. The molecule has 2 amide bonds. The van der Waals surface area contributed by atoms with Crippen molar-refractivity contribution >= 4 is 11.8 Å². The number of nitrogens with zero attached hydrogens (tertiary/aromatic N) is 1. The zero-order chi connectivity index (χ0) is 38.7. The summed E-state index contributed by atoms with van der Waals surface area (Å²) in [6.45, 7) is 4.23. The molecule has 1 heterocycles. The van der Waals surface area contributed by atoms with Crippen molar-refractivity contribution in [3.05, 3.63) is 178 Å². The number of carbonyl (C=O) groups excluding carboxylic acids is 2. The van der Waals surface area contributed by atoms with Gasteiger partial charge in [-0.15, -0.1) is 0 Å². The van der Waals surface area contributed by atoms with Gasteiger partial charge in [0.25, 0.3) is 0 Å². The Morgan fingerprint density at radius 1 is 0.727 bits per heavy atom. The fourth-order valence-electron chi connectivity index (χ4n) is 7.12. The van der Waals surface area contributed by atoms with Crippen molar-refractivity contribution in [1.29, 1.82) is 0 Å². The van der Waals surface area contributed by atoms with Gasteiger partial charge in [-0.25, -0.2) is 4.79 Å². The van der Waals surface area contributed by atoms with Gasteiger partial charge in [0, 0.05) is 30.6 Å². The maximum atomic E-state index is 12.8. The number of nitrogens with one attached hydrogen (secondary N) is 2. The molecular weight excluding hydrogens is 691 g/mol. The summed E-state index contributed by atoms with van der Waals surface area (Å²) in [6.07, 6.45) is -1.72. The molecule has 0 bridgehead atoms. The number of amides is 2. The number of rotatable bonds is 15. The van der Waals surface area contributed by atoms with Crippen molar-refractivity contribution in [2.75, 3.05) is 13.6 Å². The number of likely N-dealkylation sites (N-methyl/N-ethyl adjacent to an activating group) is 1. The molecule has 6 rings (SSSR count). The van der Waals surface area contributed by atoms with Gasteiger partial charge in [0.05, 0.1) is 31.0 Å². The molecule has 9 nitrogen and oxygen atoms in total. The Balaban J connectivity index is 1.21. The van der Waals surface area contributed by atoms with Gasteiger partial charge in [-0.3, -0.25) is 9.69 Å². The van der Waals surface area contributed by atoms with Gasteiger partial charge in [-0.05, 0) is 60.7 Å².